The summed E-state index contributed by atoms with van der Waals surface area (Å²) < 4.78 is 71.3. The van der Waals surface area contributed by atoms with E-state index in [1.807, 2.05) is 0 Å². The summed E-state index contributed by atoms with van der Waals surface area (Å²) in [5.41, 5.74) is -0.613. The molecule has 0 spiro atoms. The summed E-state index contributed by atoms with van der Waals surface area (Å²) in [6.07, 6.45) is -6.19. The van der Waals surface area contributed by atoms with Crippen molar-refractivity contribution in [2.45, 2.75) is 18.3 Å². The number of cyclic esters (lactones) is 1. The van der Waals surface area contributed by atoms with Crippen LogP contribution in [0.4, 0.5) is 26.7 Å². The quantitative estimate of drug-likeness (QED) is 0.824. The second-order valence-corrected chi connectivity index (χ2v) is 4.18. The molecular weight excluding hydrogens is 305 g/mol. The Morgan fingerprint density at radius 3 is 2.67 bits per heavy atom. The fourth-order valence-corrected chi connectivity index (χ4v) is 1.78. The number of phenolic OH excluding ortho intramolecular Hbond substituents is 1. The number of halogens is 5. The summed E-state index contributed by atoms with van der Waals surface area (Å²) in [6.45, 7) is -1.26. The largest absolute Gasteiger partial charge is 0.573 e. The second-order valence-electron chi connectivity index (χ2n) is 4.18. The summed E-state index contributed by atoms with van der Waals surface area (Å²) in [7, 11) is 0. The molecule has 21 heavy (non-hydrogen) atoms. The Morgan fingerprint density at radius 1 is 1.38 bits per heavy atom. The van der Waals surface area contributed by atoms with Gasteiger partial charge in [-0.2, -0.15) is 0 Å². The molecule has 1 atom stereocenters. The fraction of sp³-hybridized carbons (Fsp3) is 0.364. The minimum absolute atomic E-state index is 0.576. The van der Waals surface area contributed by atoms with Crippen LogP contribution in [-0.4, -0.2) is 30.1 Å². The van der Waals surface area contributed by atoms with E-state index in [4.69, 9.17) is 0 Å². The van der Waals surface area contributed by atoms with Crippen molar-refractivity contribution >= 4 is 6.09 Å². The van der Waals surface area contributed by atoms with Crippen LogP contribution in [-0.2, 0) is 4.74 Å². The van der Waals surface area contributed by atoms with Crippen molar-refractivity contribution in [1.29, 1.82) is 0 Å². The van der Waals surface area contributed by atoms with Crippen LogP contribution < -0.4 is 10.1 Å². The van der Waals surface area contributed by atoms with E-state index in [1.54, 1.807) is 5.32 Å². The Bertz CT molecular complexity index is 560. The van der Waals surface area contributed by atoms with E-state index in [-0.39, 0.29) is 0 Å². The van der Waals surface area contributed by atoms with Gasteiger partial charge in [-0.3, -0.25) is 0 Å². The van der Waals surface area contributed by atoms with Crippen molar-refractivity contribution in [3.05, 3.63) is 23.8 Å². The van der Waals surface area contributed by atoms with Crippen LogP contribution in [0.15, 0.2) is 18.2 Å². The zero-order valence-corrected chi connectivity index (χ0v) is 10.1. The Hall–Kier alpha value is -2.26. The maximum atomic E-state index is 13.7. The summed E-state index contributed by atoms with van der Waals surface area (Å²) >= 11 is 0. The molecule has 2 rings (SSSR count). The number of rotatable bonds is 2. The average Bonchev–Trinajstić information content (AvgIpc) is 2.33. The van der Waals surface area contributed by atoms with Gasteiger partial charge in [-0.25, -0.2) is 13.6 Å². The summed E-state index contributed by atoms with van der Waals surface area (Å²) in [5.74, 6) is -5.12. The molecule has 1 amide bonds. The highest BCUT2D eigenvalue weighted by molar-refractivity contribution is 5.69. The highest BCUT2D eigenvalue weighted by Crippen LogP contribution is 2.40. The number of phenols is 1. The smallest absolute Gasteiger partial charge is 0.508 e. The number of nitrogens with one attached hydrogen (secondary N) is 1. The average molecular weight is 313 g/mol. The molecule has 0 aliphatic carbocycles. The van der Waals surface area contributed by atoms with Gasteiger partial charge in [0.2, 0.25) is 0 Å². The first-order chi connectivity index (χ1) is 9.58. The SMILES string of the molecule is O=C1N[C@@H](c2cc(OC(F)(F)F)ccc2O)C(F)(F)CO1. The molecule has 1 aliphatic heterocycles. The number of amides is 1. The number of ether oxygens (including phenoxy) is 2. The lowest BCUT2D eigenvalue weighted by Gasteiger charge is -2.32. The van der Waals surface area contributed by atoms with Gasteiger partial charge in [-0.15, -0.1) is 13.2 Å². The molecule has 5 nitrogen and oxygen atoms in total. The first-order valence-electron chi connectivity index (χ1n) is 5.48. The summed E-state index contributed by atoms with van der Waals surface area (Å²) in [4.78, 5) is 11.0. The van der Waals surface area contributed by atoms with Crippen LogP contribution >= 0.6 is 0 Å². The van der Waals surface area contributed by atoms with E-state index in [1.165, 1.54) is 0 Å². The van der Waals surface area contributed by atoms with Gasteiger partial charge in [-0.1, -0.05) is 0 Å². The molecule has 1 fully saturated rings. The lowest BCUT2D eigenvalue weighted by Crippen LogP contribution is -2.49. The minimum atomic E-state index is -5.02. The monoisotopic (exact) mass is 313 g/mol. The number of alkyl carbamates (subject to hydrolysis) is 1. The first kappa shape index (κ1) is 15.1. The topological polar surface area (TPSA) is 67.8 Å². The van der Waals surface area contributed by atoms with E-state index in [0.29, 0.717) is 6.07 Å². The maximum absolute atomic E-state index is 13.7. The third-order valence-corrected chi connectivity index (χ3v) is 2.62. The van der Waals surface area contributed by atoms with Gasteiger partial charge in [0.15, 0.2) is 6.61 Å². The summed E-state index contributed by atoms with van der Waals surface area (Å²) in [5, 5.41) is 11.3. The molecular formula is C11H8F5NO4. The number of hydrogen-bond acceptors (Lipinski definition) is 4. The van der Waals surface area contributed by atoms with Crippen LogP contribution in [0.5, 0.6) is 11.5 Å². The predicted molar refractivity (Wildman–Crippen MR) is 57.0 cm³/mol. The lowest BCUT2D eigenvalue weighted by atomic mass is 9.99. The molecule has 0 aromatic heterocycles. The van der Waals surface area contributed by atoms with Gasteiger partial charge in [0, 0.05) is 5.56 Å². The molecule has 0 bridgehead atoms. The van der Waals surface area contributed by atoms with Gasteiger partial charge in [0.25, 0.3) is 0 Å². The van der Waals surface area contributed by atoms with Gasteiger partial charge in [-0.05, 0) is 18.2 Å². The number of alkyl halides is 5. The van der Waals surface area contributed by atoms with E-state index >= 15 is 0 Å². The molecule has 1 heterocycles. The molecule has 0 saturated carbocycles. The minimum Gasteiger partial charge on any atom is -0.508 e. The molecule has 1 aromatic carbocycles. The third-order valence-electron chi connectivity index (χ3n) is 2.62. The molecule has 10 heteroatoms. The molecule has 116 valence electrons. The molecule has 1 aromatic rings. The van der Waals surface area contributed by atoms with E-state index < -0.39 is 48.1 Å². The highest BCUT2D eigenvalue weighted by Gasteiger charge is 2.48. The van der Waals surface area contributed by atoms with E-state index in [9.17, 15) is 31.9 Å². The number of benzene rings is 1. The van der Waals surface area contributed by atoms with Crippen LogP contribution in [0.25, 0.3) is 0 Å². The maximum Gasteiger partial charge on any atom is 0.573 e. The highest BCUT2D eigenvalue weighted by atomic mass is 19.4. The second kappa shape index (κ2) is 4.93. The van der Waals surface area contributed by atoms with Crippen LogP contribution in [0, 0.1) is 0 Å². The van der Waals surface area contributed by atoms with Gasteiger partial charge < -0.3 is 19.9 Å². The molecule has 1 aliphatic rings. The molecule has 1 saturated heterocycles. The standard InChI is InChI=1S/C11H8F5NO4/c12-10(13)4-20-9(19)17-8(10)6-3-5(1-2-7(6)18)21-11(14,15)16/h1-3,8,18H,4H2,(H,17,19)/t8-/m0/s1. The van der Waals surface area contributed by atoms with Crippen LogP contribution in [0.2, 0.25) is 0 Å². The van der Waals surface area contributed by atoms with Crippen molar-refractivity contribution in [2.24, 2.45) is 0 Å². The molecule has 0 unspecified atom stereocenters. The van der Waals surface area contributed by atoms with Crippen molar-refractivity contribution in [3.63, 3.8) is 0 Å². The predicted octanol–water partition coefficient (Wildman–Crippen LogP) is 2.71. The number of carbonyl (C=O) groups excluding carboxylic acids is 1. The van der Waals surface area contributed by atoms with Gasteiger partial charge in [0.1, 0.15) is 17.5 Å². The Balaban J connectivity index is 2.37. The Morgan fingerprint density at radius 2 is 2.05 bits per heavy atom. The first-order valence-corrected chi connectivity index (χ1v) is 5.48. The van der Waals surface area contributed by atoms with Crippen LogP contribution in [0.3, 0.4) is 0 Å². The zero-order valence-electron chi connectivity index (χ0n) is 10.1. The van der Waals surface area contributed by atoms with Gasteiger partial charge >= 0.3 is 18.4 Å². The normalized spacial score (nSPS) is 21.4. The van der Waals surface area contributed by atoms with Crippen molar-refractivity contribution in [1.82, 2.24) is 5.32 Å². The lowest BCUT2D eigenvalue weighted by molar-refractivity contribution is -0.274. The van der Waals surface area contributed by atoms with E-state index in [2.05, 4.69) is 9.47 Å². The zero-order chi connectivity index (χ0) is 15.8. The number of carbonyl (C=O) groups is 1. The summed E-state index contributed by atoms with van der Waals surface area (Å²) in [6, 6.07) is 0.0581. The Kier molecular flexibility index (Phi) is 3.56. The third kappa shape index (κ3) is 3.44. The number of aromatic hydroxyl groups is 1. The number of hydrogen-bond donors (Lipinski definition) is 2. The molecule has 0 radical (unpaired) electrons. The molecule has 2 N–H and O–H groups in total. The van der Waals surface area contributed by atoms with Crippen molar-refractivity contribution < 1.29 is 41.3 Å². The Labute approximate surface area is 114 Å². The van der Waals surface area contributed by atoms with Gasteiger partial charge in [0.05, 0.1) is 0 Å². The fourth-order valence-electron chi connectivity index (χ4n) is 1.78. The van der Waals surface area contributed by atoms with Crippen LogP contribution in [0.1, 0.15) is 11.6 Å². The van der Waals surface area contributed by atoms with Crippen molar-refractivity contribution in [3.8, 4) is 11.5 Å². The van der Waals surface area contributed by atoms with E-state index in [0.717, 1.165) is 12.1 Å². The van der Waals surface area contributed by atoms with Crippen molar-refractivity contribution in [2.75, 3.05) is 6.61 Å².